The highest BCUT2D eigenvalue weighted by Crippen LogP contribution is 2.18. The molecule has 0 saturated carbocycles. The summed E-state index contributed by atoms with van der Waals surface area (Å²) < 4.78 is 0. The summed E-state index contributed by atoms with van der Waals surface area (Å²) in [4.78, 5) is 0. The van der Waals surface area contributed by atoms with Crippen molar-refractivity contribution in [2.24, 2.45) is 0 Å². The van der Waals surface area contributed by atoms with Gasteiger partial charge < -0.3 is 0 Å². The van der Waals surface area contributed by atoms with E-state index in [-0.39, 0.29) is 0 Å². The molecule has 86 valence electrons. The Labute approximate surface area is 106 Å². The second kappa shape index (κ2) is 3.23. The van der Waals surface area contributed by atoms with E-state index < -0.39 is 0 Å². The zero-order chi connectivity index (χ0) is 12.3. The first kappa shape index (κ1) is 9.90. The topological polar surface area (TPSA) is 0 Å². The third-order valence-electron chi connectivity index (χ3n) is 3.88. The van der Waals surface area contributed by atoms with Crippen LogP contribution in [0.25, 0.3) is 23.3 Å². The number of rotatable bonds is 0. The third kappa shape index (κ3) is 1.20. The number of fused-ring (bicyclic) bond motifs is 3. The number of hydrogen-bond acceptors (Lipinski definition) is 0. The van der Waals surface area contributed by atoms with Crippen LogP contribution in [0.1, 0.15) is 11.1 Å². The normalized spacial score (nSPS) is 14.8. The summed E-state index contributed by atoms with van der Waals surface area (Å²) in [6.07, 6.45) is 4.66. The van der Waals surface area contributed by atoms with E-state index in [0.717, 1.165) is 0 Å². The molecule has 0 nitrogen and oxygen atoms in total. The molecule has 2 aromatic rings. The Morgan fingerprint density at radius 1 is 0.611 bits per heavy atom. The Morgan fingerprint density at radius 2 is 1.06 bits per heavy atom. The Morgan fingerprint density at radius 3 is 1.50 bits per heavy atom. The quantitative estimate of drug-likeness (QED) is 0.630. The van der Waals surface area contributed by atoms with Crippen LogP contribution in [0.5, 0.6) is 0 Å². The van der Waals surface area contributed by atoms with Crippen molar-refractivity contribution in [3.05, 3.63) is 68.4 Å². The van der Waals surface area contributed by atoms with E-state index in [4.69, 9.17) is 0 Å². The van der Waals surface area contributed by atoms with Crippen LogP contribution in [0.4, 0.5) is 0 Å². The van der Waals surface area contributed by atoms with Crippen molar-refractivity contribution in [3.63, 3.8) is 0 Å². The standard InChI is InChI=1S/C18H14/c1-11-3-5-15-13(7-11)9-17-16-6-4-12(2)8-14(16)10-18(15)17/h3-10H,1-2H3. The molecule has 0 spiro atoms. The average molecular weight is 230 g/mol. The van der Waals surface area contributed by atoms with Crippen LogP contribution < -0.4 is 20.9 Å². The van der Waals surface area contributed by atoms with Gasteiger partial charge in [-0.05, 0) is 58.0 Å². The van der Waals surface area contributed by atoms with Crippen LogP contribution in [-0.2, 0) is 0 Å². The Hall–Kier alpha value is -2.08. The van der Waals surface area contributed by atoms with Crippen molar-refractivity contribution in [1.82, 2.24) is 0 Å². The molecule has 0 saturated heterocycles. The van der Waals surface area contributed by atoms with Gasteiger partial charge in [0, 0.05) is 0 Å². The molecule has 2 aliphatic rings. The van der Waals surface area contributed by atoms with Crippen LogP contribution in [-0.4, -0.2) is 0 Å². The molecular formula is C18H14. The fourth-order valence-corrected chi connectivity index (χ4v) is 3.01. The highest BCUT2D eigenvalue weighted by atomic mass is 14.2. The van der Waals surface area contributed by atoms with E-state index in [1.165, 1.54) is 43.1 Å². The summed E-state index contributed by atoms with van der Waals surface area (Å²) in [6, 6.07) is 13.4. The van der Waals surface area contributed by atoms with Gasteiger partial charge in [-0.15, -0.1) is 0 Å². The molecule has 0 atom stereocenters. The minimum Gasteiger partial charge on any atom is -0.0587 e. The van der Waals surface area contributed by atoms with E-state index >= 15 is 0 Å². The van der Waals surface area contributed by atoms with Gasteiger partial charge in [-0.3, -0.25) is 0 Å². The third-order valence-corrected chi connectivity index (χ3v) is 3.88. The molecule has 2 aromatic carbocycles. The van der Waals surface area contributed by atoms with E-state index in [1.807, 2.05) is 0 Å². The minimum absolute atomic E-state index is 1.33. The molecule has 18 heavy (non-hydrogen) atoms. The molecular weight excluding hydrogens is 216 g/mol. The first-order valence-corrected chi connectivity index (χ1v) is 6.38. The number of aryl methyl sites for hydroxylation is 2. The van der Waals surface area contributed by atoms with Gasteiger partial charge in [-0.2, -0.15) is 0 Å². The first-order chi connectivity index (χ1) is 8.72. The van der Waals surface area contributed by atoms with Gasteiger partial charge in [-0.25, -0.2) is 0 Å². The molecule has 2 aliphatic carbocycles. The maximum absolute atomic E-state index is 2.33. The van der Waals surface area contributed by atoms with Crippen molar-refractivity contribution >= 4 is 23.3 Å². The zero-order valence-corrected chi connectivity index (χ0v) is 10.6. The summed E-state index contributed by atoms with van der Waals surface area (Å²) in [6.45, 7) is 4.30. The highest BCUT2D eigenvalue weighted by Gasteiger charge is 2.14. The lowest BCUT2D eigenvalue weighted by Crippen LogP contribution is -2.24. The maximum Gasteiger partial charge on any atom is -0.00928 e. The van der Waals surface area contributed by atoms with Gasteiger partial charge in [0.25, 0.3) is 0 Å². The van der Waals surface area contributed by atoms with Crippen molar-refractivity contribution in [3.8, 4) is 0 Å². The van der Waals surface area contributed by atoms with E-state index in [1.54, 1.807) is 0 Å². The SMILES string of the molecule is Cc1ccc2c(c1)=CC1=c3ccc(C)cc3=CC=21. The monoisotopic (exact) mass is 230 g/mol. The second-order valence-electron chi connectivity index (χ2n) is 5.30. The molecule has 0 bridgehead atoms. The van der Waals surface area contributed by atoms with Gasteiger partial charge in [-0.1, -0.05) is 47.5 Å². The second-order valence-corrected chi connectivity index (χ2v) is 5.30. The highest BCUT2D eigenvalue weighted by molar-refractivity contribution is 6.18. The lowest BCUT2D eigenvalue weighted by atomic mass is 10.1. The minimum atomic E-state index is 1.33. The fraction of sp³-hybridized carbons (Fsp3) is 0.111. The lowest BCUT2D eigenvalue weighted by molar-refractivity contribution is 1.40. The van der Waals surface area contributed by atoms with Gasteiger partial charge in [0.2, 0.25) is 0 Å². The Kier molecular flexibility index (Phi) is 1.78. The summed E-state index contributed by atoms with van der Waals surface area (Å²) in [5.41, 5.74) is 5.45. The molecule has 4 rings (SSSR count). The van der Waals surface area contributed by atoms with Gasteiger partial charge in [0.1, 0.15) is 0 Å². The predicted octanol–water partition coefficient (Wildman–Crippen LogP) is 0.893. The Balaban J connectivity index is 2.21. The lowest BCUT2D eigenvalue weighted by Gasteiger charge is -1.92. The number of hydrogen-bond donors (Lipinski definition) is 0. The molecule has 0 aliphatic heterocycles. The molecule has 0 aromatic heterocycles. The Bertz CT molecular complexity index is 845. The molecule has 0 fully saturated rings. The average Bonchev–Trinajstić information content (AvgIpc) is 2.83. The van der Waals surface area contributed by atoms with E-state index in [2.05, 4.69) is 62.4 Å². The summed E-state index contributed by atoms with van der Waals surface area (Å²) in [7, 11) is 0. The van der Waals surface area contributed by atoms with Crippen molar-refractivity contribution in [2.75, 3.05) is 0 Å². The predicted molar refractivity (Wildman–Crippen MR) is 76.6 cm³/mol. The molecule has 0 radical (unpaired) electrons. The molecule has 0 heteroatoms. The maximum atomic E-state index is 2.33. The van der Waals surface area contributed by atoms with Gasteiger partial charge >= 0.3 is 0 Å². The fourth-order valence-electron chi connectivity index (χ4n) is 3.01. The smallest absolute Gasteiger partial charge is 0.00928 e. The molecule has 0 amide bonds. The van der Waals surface area contributed by atoms with E-state index in [9.17, 15) is 0 Å². The van der Waals surface area contributed by atoms with Crippen molar-refractivity contribution < 1.29 is 0 Å². The zero-order valence-electron chi connectivity index (χ0n) is 10.6. The van der Waals surface area contributed by atoms with Crippen LogP contribution in [0.3, 0.4) is 0 Å². The van der Waals surface area contributed by atoms with Gasteiger partial charge in [0.05, 0.1) is 0 Å². The van der Waals surface area contributed by atoms with Crippen LogP contribution in [0.15, 0.2) is 36.4 Å². The number of benzene rings is 2. The van der Waals surface area contributed by atoms with Crippen LogP contribution in [0, 0.1) is 13.8 Å². The van der Waals surface area contributed by atoms with Crippen molar-refractivity contribution in [1.29, 1.82) is 0 Å². The van der Waals surface area contributed by atoms with Gasteiger partial charge in [0.15, 0.2) is 0 Å². The summed E-state index contributed by atoms with van der Waals surface area (Å²) in [5, 5.41) is 5.49. The van der Waals surface area contributed by atoms with Crippen LogP contribution in [0.2, 0.25) is 0 Å². The molecule has 0 unspecified atom stereocenters. The largest absolute Gasteiger partial charge is 0.0587 e. The molecule has 0 heterocycles. The summed E-state index contributed by atoms with van der Waals surface area (Å²) in [5.74, 6) is 0. The first-order valence-electron chi connectivity index (χ1n) is 6.38. The molecule has 0 N–H and O–H groups in total. The van der Waals surface area contributed by atoms with Crippen molar-refractivity contribution in [2.45, 2.75) is 13.8 Å². The van der Waals surface area contributed by atoms with Crippen LogP contribution >= 0.6 is 0 Å². The summed E-state index contributed by atoms with van der Waals surface area (Å²) >= 11 is 0. The van der Waals surface area contributed by atoms with E-state index in [0.29, 0.717) is 0 Å².